The summed E-state index contributed by atoms with van der Waals surface area (Å²) in [4.78, 5) is 12.1. The molecule has 0 unspecified atom stereocenters. The molecule has 3 aromatic rings. The number of carbonyl (C=O) groups is 1. The Labute approximate surface area is 204 Å². The fourth-order valence-corrected chi connectivity index (χ4v) is 4.25. The average Bonchev–Trinajstić information content (AvgIpc) is 2.88. The quantitative estimate of drug-likeness (QED) is 0.365. The molecule has 0 spiro atoms. The number of hydrogen-bond acceptors (Lipinski definition) is 3. The highest BCUT2D eigenvalue weighted by Gasteiger charge is 2.24. The molecule has 0 aromatic heterocycles. The monoisotopic (exact) mass is 477 g/mol. The van der Waals surface area contributed by atoms with Crippen LogP contribution in [0.4, 0.5) is 13.6 Å². The van der Waals surface area contributed by atoms with Crippen molar-refractivity contribution in [3.8, 4) is 0 Å². The van der Waals surface area contributed by atoms with Crippen molar-refractivity contribution in [2.75, 3.05) is 6.61 Å². The van der Waals surface area contributed by atoms with Crippen LogP contribution in [0.15, 0.2) is 78.9 Å². The second-order valence-corrected chi connectivity index (χ2v) is 8.67. The smallest absolute Gasteiger partial charge is 0.407 e. The minimum Gasteiger partial charge on any atom is -0.445 e. The topological polar surface area (TPSA) is 47.6 Å². The lowest BCUT2D eigenvalue weighted by atomic mass is 9.93. The van der Waals surface area contributed by atoms with Gasteiger partial charge in [0.25, 0.3) is 0 Å². The summed E-state index contributed by atoms with van der Waals surface area (Å²) in [6.45, 7) is 0.322. The van der Waals surface area contributed by atoms with Crippen molar-refractivity contribution in [2.24, 2.45) is 0 Å². The number of rotatable bonds is 8. The van der Waals surface area contributed by atoms with Crippen molar-refractivity contribution in [3.63, 3.8) is 0 Å². The van der Waals surface area contributed by atoms with Gasteiger partial charge in [-0.3, -0.25) is 0 Å². The fourth-order valence-electron chi connectivity index (χ4n) is 4.25. The molecule has 1 saturated carbocycles. The highest BCUT2D eigenvalue weighted by atomic mass is 19.1. The molecule has 0 aliphatic heterocycles. The zero-order valence-corrected chi connectivity index (χ0v) is 19.5. The number of amides is 1. The Kier molecular flexibility index (Phi) is 8.63. The molecule has 4 nitrogen and oxygen atoms in total. The van der Waals surface area contributed by atoms with Gasteiger partial charge in [0.2, 0.25) is 0 Å². The van der Waals surface area contributed by atoms with Crippen molar-refractivity contribution in [1.82, 2.24) is 5.32 Å². The van der Waals surface area contributed by atoms with Gasteiger partial charge in [-0.2, -0.15) is 0 Å². The van der Waals surface area contributed by atoms with Gasteiger partial charge in [-0.05, 0) is 60.6 Å². The molecule has 1 aliphatic carbocycles. The van der Waals surface area contributed by atoms with E-state index in [0.29, 0.717) is 5.57 Å². The average molecular weight is 478 g/mol. The number of carbonyl (C=O) groups excluding carboxylic acids is 1. The molecular weight excluding hydrogens is 448 g/mol. The number of ether oxygens (including phenoxy) is 2. The highest BCUT2D eigenvalue weighted by Crippen LogP contribution is 2.27. The van der Waals surface area contributed by atoms with E-state index in [4.69, 9.17) is 9.47 Å². The van der Waals surface area contributed by atoms with Crippen LogP contribution in [-0.4, -0.2) is 24.8 Å². The van der Waals surface area contributed by atoms with E-state index in [9.17, 15) is 13.6 Å². The van der Waals surface area contributed by atoms with E-state index in [1.807, 2.05) is 60.7 Å². The molecule has 182 valence electrons. The highest BCUT2D eigenvalue weighted by molar-refractivity contribution is 5.82. The van der Waals surface area contributed by atoms with Crippen LogP contribution in [0.3, 0.4) is 0 Å². The lowest BCUT2D eigenvalue weighted by Gasteiger charge is -2.29. The lowest BCUT2D eigenvalue weighted by molar-refractivity contribution is 0.0416. The van der Waals surface area contributed by atoms with Gasteiger partial charge in [0.05, 0.1) is 18.3 Å². The van der Waals surface area contributed by atoms with Gasteiger partial charge >= 0.3 is 6.09 Å². The van der Waals surface area contributed by atoms with Gasteiger partial charge in [-0.15, -0.1) is 0 Å². The van der Waals surface area contributed by atoms with Crippen LogP contribution in [0.2, 0.25) is 0 Å². The normalized spacial score (nSPS) is 18.2. The van der Waals surface area contributed by atoms with Crippen LogP contribution >= 0.6 is 0 Å². The van der Waals surface area contributed by atoms with Crippen LogP contribution in [0.25, 0.3) is 11.6 Å². The van der Waals surface area contributed by atoms with Crippen LogP contribution < -0.4 is 5.32 Å². The second kappa shape index (κ2) is 12.3. The molecule has 0 atom stereocenters. The summed E-state index contributed by atoms with van der Waals surface area (Å²) in [5.74, 6) is -1.23. The molecular formula is C29H29F2NO3. The third-order valence-corrected chi connectivity index (χ3v) is 6.11. The Hall–Kier alpha value is -3.51. The van der Waals surface area contributed by atoms with E-state index in [0.717, 1.165) is 36.8 Å². The van der Waals surface area contributed by atoms with Gasteiger partial charge < -0.3 is 14.8 Å². The van der Waals surface area contributed by atoms with E-state index in [1.165, 1.54) is 18.2 Å². The minimum atomic E-state index is -0.613. The molecule has 1 fully saturated rings. The van der Waals surface area contributed by atoms with E-state index in [2.05, 4.69) is 5.32 Å². The SMILES string of the molecule is O=C(NC1CCC(OCC(=Cc2ccccc2)c2c(F)cccc2F)CC1)OCc1ccccc1. The Morgan fingerprint density at radius 3 is 2.14 bits per heavy atom. The molecule has 4 rings (SSSR count). The maximum absolute atomic E-state index is 14.5. The first-order valence-corrected chi connectivity index (χ1v) is 11.9. The van der Waals surface area contributed by atoms with E-state index in [1.54, 1.807) is 6.08 Å². The molecule has 0 heterocycles. The zero-order valence-electron chi connectivity index (χ0n) is 19.5. The number of benzene rings is 3. The number of hydrogen-bond donors (Lipinski definition) is 1. The van der Waals surface area contributed by atoms with Crippen LogP contribution in [0.5, 0.6) is 0 Å². The van der Waals surface area contributed by atoms with Crippen LogP contribution in [-0.2, 0) is 16.1 Å². The van der Waals surface area contributed by atoms with Gasteiger partial charge in [-0.25, -0.2) is 13.6 Å². The summed E-state index contributed by atoms with van der Waals surface area (Å²) in [5.41, 5.74) is 2.17. The maximum Gasteiger partial charge on any atom is 0.407 e. The summed E-state index contributed by atoms with van der Waals surface area (Å²) < 4.78 is 40.4. The fraction of sp³-hybridized carbons (Fsp3) is 0.276. The first-order chi connectivity index (χ1) is 17.1. The molecule has 3 aromatic carbocycles. The predicted octanol–water partition coefficient (Wildman–Crippen LogP) is 6.76. The van der Waals surface area contributed by atoms with Crippen molar-refractivity contribution in [1.29, 1.82) is 0 Å². The Bertz CT molecular complexity index is 1110. The molecule has 0 saturated heterocycles. The van der Waals surface area contributed by atoms with Crippen molar-refractivity contribution < 1.29 is 23.0 Å². The number of alkyl carbamates (subject to hydrolysis) is 1. The van der Waals surface area contributed by atoms with Gasteiger partial charge in [-0.1, -0.05) is 66.7 Å². The van der Waals surface area contributed by atoms with Gasteiger partial charge in [0.1, 0.15) is 18.2 Å². The molecule has 1 aliphatic rings. The van der Waals surface area contributed by atoms with E-state index in [-0.39, 0.29) is 30.9 Å². The van der Waals surface area contributed by atoms with Gasteiger partial charge in [0, 0.05) is 6.04 Å². The molecule has 0 radical (unpaired) electrons. The summed E-state index contributed by atoms with van der Waals surface area (Å²) in [7, 11) is 0. The Morgan fingerprint density at radius 1 is 0.857 bits per heavy atom. The molecule has 1 N–H and O–H groups in total. The largest absolute Gasteiger partial charge is 0.445 e. The Morgan fingerprint density at radius 2 is 1.49 bits per heavy atom. The molecule has 35 heavy (non-hydrogen) atoms. The predicted molar refractivity (Wildman–Crippen MR) is 132 cm³/mol. The van der Waals surface area contributed by atoms with Gasteiger partial charge in [0.15, 0.2) is 0 Å². The molecule has 1 amide bonds. The summed E-state index contributed by atoms with van der Waals surface area (Å²) in [6.07, 6.45) is 4.25. The van der Waals surface area contributed by atoms with E-state index >= 15 is 0 Å². The maximum atomic E-state index is 14.5. The third-order valence-electron chi connectivity index (χ3n) is 6.11. The van der Waals surface area contributed by atoms with Crippen molar-refractivity contribution in [3.05, 3.63) is 107 Å². The minimum absolute atomic E-state index is 0.0152. The zero-order chi connectivity index (χ0) is 24.5. The lowest BCUT2D eigenvalue weighted by Crippen LogP contribution is -2.39. The summed E-state index contributed by atoms with van der Waals surface area (Å²) in [5, 5.41) is 2.92. The molecule has 6 heteroatoms. The first-order valence-electron chi connectivity index (χ1n) is 11.9. The first kappa shape index (κ1) is 24.6. The summed E-state index contributed by atoms with van der Waals surface area (Å²) in [6, 6.07) is 22.8. The van der Waals surface area contributed by atoms with Crippen molar-refractivity contribution in [2.45, 2.75) is 44.4 Å². The van der Waals surface area contributed by atoms with Crippen LogP contribution in [0, 0.1) is 11.6 Å². The van der Waals surface area contributed by atoms with Crippen LogP contribution in [0.1, 0.15) is 42.4 Å². The molecule has 0 bridgehead atoms. The Balaban J connectivity index is 1.30. The third kappa shape index (κ3) is 7.23. The number of nitrogens with one attached hydrogen (secondary N) is 1. The summed E-state index contributed by atoms with van der Waals surface area (Å²) >= 11 is 0. The van der Waals surface area contributed by atoms with E-state index < -0.39 is 17.7 Å². The van der Waals surface area contributed by atoms with Crippen molar-refractivity contribution >= 4 is 17.7 Å². The second-order valence-electron chi connectivity index (χ2n) is 8.67. The number of halogens is 2. The standard InChI is InChI=1S/C29H29F2NO3/c30-26-12-7-13-27(31)28(26)23(18-21-8-3-1-4-9-21)20-34-25-16-14-24(15-17-25)32-29(33)35-19-22-10-5-2-6-11-22/h1-13,18,24-25H,14-17,19-20H2,(H,32,33).